The van der Waals surface area contributed by atoms with Crippen LogP contribution in [0.2, 0.25) is 0 Å². The van der Waals surface area contributed by atoms with E-state index in [1.165, 1.54) is 6.07 Å². The number of nitrogen functional groups attached to an aromatic ring is 1. The summed E-state index contributed by atoms with van der Waals surface area (Å²) in [4.78, 5) is 4.14. The summed E-state index contributed by atoms with van der Waals surface area (Å²) in [5, 5.41) is 3.45. The van der Waals surface area contributed by atoms with Gasteiger partial charge in [-0.2, -0.15) is 0 Å². The number of aromatic nitrogens is 1. The zero-order chi connectivity index (χ0) is 14.5. The van der Waals surface area contributed by atoms with Crippen LogP contribution in [-0.4, -0.2) is 11.5 Å². The Bertz CT molecular complexity index is 584. The topological polar surface area (TPSA) is 50.9 Å². The Morgan fingerprint density at radius 3 is 2.80 bits per heavy atom. The molecule has 106 valence electrons. The second-order valence-corrected chi connectivity index (χ2v) is 4.87. The molecule has 0 aliphatic rings. The van der Waals surface area contributed by atoms with Crippen molar-refractivity contribution in [3.8, 4) is 0 Å². The van der Waals surface area contributed by atoms with Crippen molar-refractivity contribution in [2.24, 2.45) is 0 Å². The lowest BCUT2D eigenvalue weighted by Crippen LogP contribution is -2.24. The number of aryl methyl sites for hydroxylation is 1. The van der Waals surface area contributed by atoms with Crippen LogP contribution in [-0.2, 0) is 0 Å². The maximum absolute atomic E-state index is 13.4. The normalized spacial score (nSPS) is 12.3. The Kier molecular flexibility index (Phi) is 4.69. The molecule has 2 rings (SSSR count). The zero-order valence-electron chi connectivity index (χ0n) is 11.9. The Hall–Kier alpha value is -1.94. The van der Waals surface area contributed by atoms with Crippen LogP contribution >= 0.6 is 0 Å². The number of benzene rings is 1. The van der Waals surface area contributed by atoms with Gasteiger partial charge < -0.3 is 11.1 Å². The van der Waals surface area contributed by atoms with Crippen LogP contribution in [0.25, 0.3) is 0 Å². The largest absolute Gasteiger partial charge is 0.383 e. The maximum Gasteiger partial charge on any atom is 0.128 e. The number of hydrogen-bond acceptors (Lipinski definition) is 3. The zero-order valence-corrected chi connectivity index (χ0v) is 11.9. The van der Waals surface area contributed by atoms with Gasteiger partial charge in [0.05, 0.1) is 6.04 Å². The Morgan fingerprint density at radius 2 is 2.15 bits per heavy atom. The highest BCUT2D eigenvalue weighted by molar-refractivity contribution is 5.46. The van der Waals surface area contributed by atoms with Gasteiger partial charge in [0, 0.05) is 11.8 Å². The van der Waals surface area contributed by atoms with E-state index in [1.54, 1.807) is 19.2 Å². The van der Waals surface area contributed by atoms with Crippen LogP contribution in [0.4, 0.5) is 10.2 Å². The highest BCUT2D eigenvalue weighted by Crippen LogP contribution is 2.26. The van der Waals surface area contributed by atoms with Gasteiger partial charge in [0.2, 0.25) is 0 Å². The minimum absolute atomic E-state index is 0.0667. The number of anilines is 1. The smallest absolute Gasteiger partial charge is 0.128 e. The summed E-state index contributed by atoms with van der Waals surface area (Å²) in [6.07, 6.45) is 2.68. The first-order valence-electron chi connectivity index (χ1n) is 6.83. The van der Waals surface area contributed by atoms with Crippen molar-refractivity contribution in [2.75, 3.05) is 12.3 Å². The number of pyridine rings is 1. The predicted octanol–water partition coefficient (Wildman–Crippen LogP) is 3.20. The summed E-state index contributed by atoms with van der Waals surface area (Å²) in [6, 6.07) is 8.90. The molecular weight excluding hydrogens is 253 g/mol. The molecule has 3 nitrogen and oxygen atoms in total. The number of rotatable bonds is 5. The third-order valence-corrected chi connectivity index (χ3v) is 3.30. The number of hydrogen-bond donors (Lipinski definition) is 2. The van der Waals surface area contributed by atoms with E-state index in [-0.39, 0.29) is 11.9 Å². The maximum atomic E-state index is 13.4. The fourth-order valence-corrected chi connectivity index (χ4v) is 2.22. The molecule has 0 fully saturated rings. The summed E-state index contributed by atoms with van der Waals surface area (Å²) in [5.74, 6) is 0.310. The summed E-state index contributed by atoms with van der Waals surface area (Å²) >= 11 is 0. The average molecular weight is 273 g/mol. The lowest BCUT2D eigenvalue weighted by molar-refractivity contribution is 0.590. The van der Waals surface area contributed by atoms with E-state index >= 15 is 0 Å². The molecule has 0 saturated carbocycles. The standard InChI is InChI=1S/C16H20FN3/c1-3-8-19-15(13-5-4-9-20-16(13)18)12-6-7-14(17)11(2)10-12/h4-7,9-10,15,19H,3,8H2,1-2H3,(H2,18,20). The number of nitrogens with zero attached hydrogens (tertiary/aromatic N) is 1. The van der Waals surface area contributed by atoms with Crippen LogP contribution in [0.5, 0.6) is 0 Å². The highest BCUT2D eigenvalue weighted by Gasteiger charge is 2.17. The van der Waals surface area contributed by atoms with Gasteiger partial charge in [-0.25, -0.2) is 9.37 Å². The first kappa shape index (κ1) is 14.5. The number of nitrogens with one attached hydrogen (secondary N) is 1. The van der Waals surface area contributed by atoms with Crippen molar-refractivity contribution < 1.29 is 4.39 Å². The average Bonchev–Trinajstić information content (AvgIpc) is 2.44. The molecule has 2 aromatic rings. The van der Waals surface area contributed by atoms with Crippen molar-refractivity contribution in [3.63, 3.8) is 0 Å². The van der Waals surface area contributed by atoms with Crippen LogP contribution < -0.4 is 11.1 Å². The van der Waals surface area contributed by atoms with E-state index in [4.69, 9.17) is 5.73 Å². The lowest BCUT2D eigenvalue weighted by atomic mass is 9.97. The Labute approximate surface area is 119 Å². The van der Waals surface area contributed by atoms with Crippen molar-refractivity contribution in [3.05, 3.63) is 59.0 Å². The van der Waals surface area contributed by atoms with Gasteiger partial charge in [0.25, 0.3) is 0 Å². The second kappa shape index (κ2) is 6.48. The van der Waals surface area contributed by atoms with Crippen molar-refractivity contribution >= 4 is 5.82 Å². The van der Waals surface area contributed by atoms with Crippen LogP contribution in [0.15, 0.2) is 36.5 Å². The van der Waals surface area contributed by atoms with Gasteiger partial charge in [-0.3, -0.25) is 0 Å². The molecule has 0 saturated heterocycles. The molecule has 0 aliphatic carbocycles. The van der Waals surface area contributed by atoms with E-state index in [1.807, 2.05) is 18.2 Å². The van der Waals surface area contributed by atoms with Gasteiger partial charge in [-0.15, -0.1) is 0 Å². The minimum Gasteiger partial charge on any atom is -0.383 e. The van der Waals surface area contributed by atoms with Gasteiger partial charge in [0.15, 0.2) is 0 Å². The molecule has 1 heterocycles. The molecule has 1 aromatic heterocycles. The Morgan fingerprint density at radius 1 is 1.35 bits per heavy atom. The second-order valence-electron chi connectivity index (χ2n) is 4.87. The van der Waals surface area contributed by atoms with Crippen LogP contribution in [0, 0.1) is 12.7 Å². The predicted molar refractivity (Wildman–Crippen MR) is 79.9 cm³/mol. The van der Waals surface area contributed by atoms with Gasteiger partial charge in [0.1, 0.15) is 11.6 Å². The van der Waals surface area contributed by atoms with E-state index < -0.39 is 0 Å². The van der Waals surface area contributed by atoms with E-state index in [0.29, 0.717) is 11.4 Å². The SMILES string of the molecule is CCCNC(c1ccc(F)c(C)c1)c1cccnc1N. The van der Waals surface area contributed by atoms with Crippen LogP contribution in [0.3, 0.4) is 0 Å². The van der Waals surface area contributed by atoms with E-state index in [2.05, 4.69) is 17.2 Å². The molecular formula is C16H20FN3. The molecule has 0 radical (unpaired) electrons. The van der Waals surface area contributed by atoms with E-state index in [0.717, 1.165) is 24.1 Å². The number of nitrogens with two attached hydrogens (primary N) is 1. The fraction of sp³-hybridized carbons (Fsp3) is 0.312. The summed E-state index contributed by atoms with van der Waals surface area (Å²) in [7, 11) is 0. The Balaban J connectivity index is 2.41. The summed E-state index contributed by atoms with van der Waals surface area (Å²) < 4.78 is 13.4. The minimum atomic E-state index is -0.192. The van der Waals surface area contributed by atoms with Crippen molar-refractivity contribution in [1.82, 2.24) is 10.3 Å². The van der Waals surface area contributed by atoms with Crippen molar-refractivity contribution in [1.29, 1.82) is 0 Å². The molecule has 20 heavy (non-hydrogen) atoms. The lowest BCUT2D eigenvalue weighted by Gasteiger charge is -2.21. The molecule has 0 bridgehead atoms. The fourth-order valence-electron chi connectivity index (χ4n) is 2.22. The quantitative estimate of drug-likeness (QED) is 0.879. The first-order valence-corrected chi connectivity index (χ1v) is 6.83. The molecule has 1 atom stereocenters. The molecule has 3 N–H and O–H groups in total. The third-order valence-electron chi connectivity index (χ3n) is 3.30. The third kappa shape index (κ3) is 3.14. The molecule has 0 amide bonds. The summed E-state index contributed by atoms with van der Waals surface area (Å²) in [5.41, 5.74) is 8.53. The first-order chi connectivity index (χ1) is 9.63. The monoisotopic (exact) mass is 273 g/mol. The number of halogens is 1. The molecule has 1 unspecified atom stereocenters. The molecule has 0 aliphatic heterocycles. The van der Waals surface area contributed by atoms with E-state index in [9.17, 15) is 4.39 Å². The van der Waals surface area contributed by atoms with Gasteiger partial charge in [-0.05, 0) is 43.1 Å². The van der Waals surface area contributed by atoms with Crippen LogP contribution in [0.1, 0.15) is 36.1 Å². The van der Waals surface area contributed by atoms with Gasteiger partial charge in [-0.1, -0.05) is 25.1 Å². The summed E-state index contributed by atoms with van der Waals surface area (Å²) in [6.45, 7) is 4.73. The molecule has 4 heteroatoms. The van der Waals surface area contributed by atoms with Gasteiger partial charge >= 0.3 is 0 Å². The molecule has 1 aromatic carbocycles. The molecule has 0 spiro atoms. The van der Waals surface area contributed by atoms with Crippen molar-refractivity contribution in [2.45, 2.75) is 26.3 Å². The highest BCUT2D eigenvalue weighted by atomic mass is 19.1.